The van der Waals surface area contributed by atoms with Crippen LogP contribution in [0.15, 0.2) is 44.9 Å². The molecule has 30 heavy (non-hydrogen) atoms. The Bertz CT molecular complexity index is 1160. The van der Waals surface area contributed by atoms with E-state index in [4.69, 9.17) is 39.7 Å². The lowest BCUT2D eigenvalue weighted by Crippen LogP contribution is -2.43. The quantitative estimate of drug-likeness (QED) is 0.491. The summed E-state index contributed by atoms with van der Waals surface area (Å²) < 4.78 is 0. The van der Waals surface area contributed by atoms with Gasteiger partial charge in [-0.25, -0.2) is 4.98 Å². The highest BCUT2D eigenvalue weighted by molar-refractivity contribution is 7.99. The Morgan fingerprint density at radius 1 is 1.23 bits per heavy atom. The predicted molar refractivity (Wildman–Crippen MR) is 126 cm³/mol. The zero-order chi connectivity index (χ0) is 21.5. The molecule has 1 aliphatic heterocycles. The number of nitrogens with one attached hydrogen (secondary N) is 1. The fourth-order valence-corrected chi connectivity index (χ4v) is 5.17. The van der Waals surface area contributed by atoms with Crippen molar-refractivity contribution in [3.05, 3.63) is 50.7 Å². The summed E-state index contributed by atoms with van der Waals surface area (Å²) in [6.45, 7) is 4.45. The summed E-state index contributed by atoms with van der Waals surface area (Å²) in [5.41, 5.74) is 13.1. The highest BCUT2D eigenvalue weighted by Crippen LogP contribution is 2.40. The van der Waals surface area contributed by atoms with Gasteiger partial charge in [-0.15, -0.1) is 0 Å². The van der Waals surface area contributed by atoms with E-state index in [2.05, 4.69) is 16.8 Å². The van der Waals surface area contributed by atoms with Crippen molar-refractivity contribution in [1.29, 1.82) is 0 Å². The average Bonchev–Trinajstić information content (AvgIpc) is 2.71. The third kappa shape index (κ3) is 4.12. The van der Waals surface area contributed by atoms with Crippen molar-refractivity contribution in [2.24, 2.45) is 11.1 Å². The maximum atomic E-state index is 13.0. The molecular formula is C21H23Cl2N5OS. The Morgan fingerprint density at radius 2 is 1.97 bits per heavy atom. The number of H-pyrrole nitrogens is 1. The van der Waals surface area contributed by atoms with Crippen LogP contribution in [-0.4, -0.2) is 29.6 Å². The van der Waals surface area contributed by atoms with Gasteiger partial charge >= 0.3 is 0 Å². The summed E-state index contributed by atoms with van der Waals surface area (Å²) >= 11 is 13.8. The van der Waals surface area contributed by atoms with Crippen LogP contribution in [0, 0.1) is 5.41 Å². The van der Waals surface area contributed by atoms with Crippen LogP contribution in [0.1, 0.15) is 19.8 Å². The van der Waals surface area contributed by atoms with Crippen molar-refractivity contribution in [1.82, 2.24) is 9.97 Å². The van der Waals surface area contributed by atoms with Crippen LogP contribution in [0.4, 0.5) is 11.6 Å². The molecule has 0 saturated carbocycles. The second-order valence-corrected chi connectivity index (χ2v) is 9.83. The monoisotopic (exact) mass is 463 g/mol. The maximum Gasteiger partial charge on any atom is 0.261 e. The molecule has 0 atom stereocenters. The van der Waals surface area contributed by atoms with E-state index in [-0.39, 0.29) is 11.0 Å². The first-order valence-corrected chi connectivity index (χ1v) is 11.3. The summed E-state index contributed by atoms with van der Waals surface area (Å²) in [5.74, 6) is 0.564. The Kier molecular flexibility index (Phi) is 5.90. The summed E-state index contributed by atoms with van der Waals surface area (Å²) in [4.78, 5) is 24.2. The molecule has 2 heterocycles. The largest absolute Gasteiger partial charge is 0.399 e. The van der Waals surface area contributed by atoms with Gasteiger partial charge in [0.25, 0.3) is 5.56 Å². The average molecular weight is 464 g/mol. The molecule has 9 heteroatoms. The standard InChI is InChI=1S/C21H23Cl2N5OS/c1-21(11-24)5-7-28(8-6-21)20-26-14-9-12(25)10-16(17(14)19(29)27-20)30-15-4-2-3-13(22)18(15)23/h2-4,9-10H,5-8,11,24-25H2,1H3,(H,26,27,29). The van der Waals surface area contributed by atoms with Gasteiger partial charge in [0, 0.05) is 28.6 Å². The summed E-state index contributed by atoms with van der Waals surface area (Å²) in [6.07, 6.45) is 1.91. The number of hydrogen-bond acceptors (Lipinski definition) is 6. The number of piperidine rings is 1. The molecule has 3 aromatic rings. The second kappa shape index (κ2) is 8.30. The molecule has 0 radical (unpaired) electrons. The highest BCUT2D eigenvalue weighted by Gasteiger charge is 2.29. The van der Waals surface area contributed by atoms with E-state index in [0.29, 0.717) is 44.0 Å². The fourth-order valence-electron chi connectivity index (χ4n) is 3.62. The van der Waals surface area contributed by atoms with Crippen molar-refractivity contribution in [2.75, 3.05) is 30.3 Å². The minimum Gasteiger partial charge on any atom is -0.399 e. The zero-order valence-corrected chi connectivity index (χ0v) is 18.9. The van der Waals surface area contributed by atoms with E-state index < -0.39 is 0 Å². The maximum absolute atomic E-state index is 13.0. The van der Waals surface area contributed by atoms with E-state index in [1.807, 2.05) is 12.1 Å². The highest BCUT2D eigenvalue weighted by atomic mass is 35.5. The van der Waals surface area contributed by atoms with Crippen LogP contribution in [0.3, 0.4) is 0 Å². The SMILES string of the molecule is CC1(CN)CCN(c2nc3cc(N)cc(Sc4cccc(Cl)c4Cl)c3c(=O)[nH]2)CC1. The lowest BCUT2D eigenvalue weighted by Gasteiger charge is -2.38. The number of nitrogens with two attached hydrogens (primary N) is 2. The first kappa shape index (κ1) is 21.3. The van der Waals surface area contributed by atoms with Crippen LogP contribution in [0.5, 0.6) is 0 Å². The molecule has 4 rings (SSSR count). The van der Waals surface area contributed by atoms with Gasteiger partial charge in [0.1, 0.15) is 0 Å². The molecule has 1 saturated heterocycles. The normalized spacial score (nSPS) is 16.2. The molecule has 0 unspecified atom stereocenters. The minimum atomic E-state index is -0.206. The molecule has 1 aromatic heterocycles. The van der Waals surface area contributed by atoms with Crippen LogP contribution in [0.2, 0.25) is 10.0 Å². The van der Waals surface area contributed by atoms with Gasteiger partial charge in [-0.05, 0) is 49.1 Å². The van der Waals surface area contributed by atoms with Gasteiger partial charge in [-0.2, -0.15) is 0 Å². The molecule has 0 amide bonds. The van der Waals surface area contributed by atoms with Crippen molar-refractivity contribution in [3.8, 4) is 0 Å². The minimum absolute atomic E-state index is 0.137. The van der Waals surface area contributed by atoms with Gasteiger partial charge in [0.15, 0.2) is 0 Å². The van der Waals surface area contributed by atoms with E-state index in [1.54, 1.807) is 18.2 Å². The van der Waals surface area contributed by atoms with E-state index >= 15 is 0 Å². The first-order valence-electron chi connectivity index (χ1n) is 9.70. The van der Waals surface area contributed by atoms with E-state index in [1.165, 1.54) is 11.8 Å². The lowest BCUT2D eigenvalue weighted by molar-refractivity contribution is 0.257. The molecule has 1 fully saturated rings. The number of halogens is 2. The molecule has 158 valence electrons. The molecule has 6 nitrogen and oxygen atoms in total. The van der Waals surface area contributed by atoms with Crippen LogP contribution >= 0.6 is 35.0 Å². The van der Waals surface area contributed by atoms with Gasteiger partial charge in [-0.1, -0.05) is 48.0 Å². The Morgan fingerprint density at radius 3 is 2.67 bits per heavy atom. The van der Waals surface area contributed by atoms with Crippen molar-refractivity contribution < 1.29 is 0 Å². The summed E-state index contributed by atoms with van der Waals surface area (Å²) in [6, 6.07) is 8.88. The third-order valence-corrected chi connectivity index (χ3v) is 7.71. The molecule has 5 N–H and O–H groups in total. The Labute approximate surface area is 188 Å². The number of rotatable bonds is 4. The summed E-state index contributed by atoms with van der Waals surface area (Å²) in [7, 11) is 0. The number of aromatic amines is 1. The van der Waals surface area contributed by atoms with Gasteiger partial charge < -0.3 is 16.4 Å². The number of nitrogens with zero attached hydrogens (tertiary/aromatic N) is 2. The van der Waals surface area contributed by atoms with Crippen LogP contribution in [-0.2, 0) is 0 Å². The van der Waals surface area contributed by atoms with E-state index in [9.17, 15) is 4.79 Å². The molecular weight excluding hydrogens is 441 g/mol. The summed E-state index contributed by atoms with van der Waals surface area (Å²) in [5, 5.41) is 1.38. The number of anilines is 2. The Balaban J connectivity index is 1.73. The van der Waals surface area contributed by atoms with Crippen molar-refractivity contribution in [3.63, 3.8) is 0 Å². The fraction of sp³-hybridized carbons (Fsp3) is 0.333. The molecule has 2 aromatic carbocycles. The second-order valence-electron chi connectivity index (χ2n) is 7.96. The number of benzene rings is 2. The third-order valence-electron chi connectivity index (χ3n) is 5.68. The number of aromatic nitrogens is 2. The zero-order valence-electron chi connectivity index (χ0n) is 16.5. The predicted octanol–water partition coefficient (Wildman–Crippen LogP) is 4.53. The van der Waals surface area contributed by atoms with Crippen LogP contribution in [0.25, 0.3) is 10.9 Å². The molecule has 1 aliphatic rings. The molecule has 0 aliphatic carbocycles. The van der Waals surface area contributed by atoms with Crippen LogP contribution < -0.4 is 21.9 Å². The van der Waals surface area contributed by atoms with Crippen molar-refractivity contribution in [2.45, 2.75) is 29.6 Å². The number of nitrogen functional groups attached to an aromatic ring is 1. The molecule has 0 bridgehead atoms. The Hall–Kier alpha value is -1.93. The van der Waals surface area contributed by atoms with Gasteiger partial charge in [0.05, 0.1) is 20.9 Å². The van der Waals surface area contributed by atoms with Gasteiger partial charge in [-0.3, -0.25) is 9.78 Å². The molecule has 0 spiro atoms. The first-order chi connectivity index (χ1) is 14.3. The number of fused-ring (bicyclic) bond motifs is 1. The number of hydrogen-bond donors (Lipinski definition) is 3. The van der Waals surface area contributed by atoms with E-state index in [0.717, 1.165) is 30.8 Å². The lowest BCUT2D eigenvalue weighted by atomic mass is 9.81. The topological polar surface area (TPSA) is 101 Å². The van der Waals surface area contributed by atoms with Gasteiger partial charge in [0.2, 0.25) is 5.95 Å². The smallest absolute Gasteiger partial charge is 0.261 e. The van der Waals surface area contributed by atoms with Crippen molar-refractivity contribution >= 4 is 57.5 Å².